The van der Waals surface area contributed by atoms with Crippen LogP contribution in [-0.4, -0.2) is 36.1 Å². The van der Waals surface area contributed by atoms with Gasteiger partial charge >= 0.3 is 12.1 Å². The summed E-state index contributed by atoms with van der Waals surface area (Å²) in [7, 11) is 0. The van der Waals surface area contributed by atoms with Crippen molar-refractivity contribution in [1.29, 1.82) is 0 Å². The van der Waals surface area contributed by atoms with E-state index in [1.807, 2.05) is 0 Å². The van der Waals surface area contributed by atoms with Crippen LogP contribution >= 0.6 is 15.9 Å². The highest BCUT2D eigenvalue weighted by atomic mass is 79.9. The van der Waals surface area contributed by atoms with Crippen molar-refractivity contribution >= 4 is 28.0 Å². The summed E-state index contributed by atoms with van der Waals surface area (Å²) in [5.41, 5.74) is 0. The van der Waals surface area contributed by atoms with E-state index in [4.69, 9.17) is 9.47 Å². The van der Waals surface area contributed by atoms with E-state index in [0.717, 1.165) is 19.3 Å². The summed E-state index contributed by atoms with van der Waals surface area (Å²) >= 11 is 3.37. The Hall–Kier alpha value is -0.780. The minimum Gasteiger partial charge on any atom is -0.465 e. The van der Waals surface area contributed by atoms with Crippen molar-refractivity contribution in [3.63, 3.8) is 0 Å². The van der Waals surface area contributed by atoms with Crippen molar-refractivity contribution in [2.24, 2.45) is 0 Å². The lowest BCUT2D eigenvalue weighted by Crippen LogP contribution is -2.45. The Morgan fingerprint density at radius 2 is 1.31 bits per heavy atom. The van der Waals surface area contributed by atoms with Gasteiger partial charge < -0.3 is 14.8 Å². The molecule has 5 nitrogen and oxygen atoms in total. The van der Waals surface area contributed by atoms with Crippen molar-refractivity contribution in [1.82, 2.24) is 5.32 Å². The number of ether oxygens (including phenoxy) is 2. The fraction of sp³-hybridized carbons (Fsp3) is 0.900. The lowest BCUT2D eigenvalue weighted by atomic mass is 10.0. The maximum Gasteiger partial charge on any atom is 0.407 e. The van der Waals surface area contributed by atoms with Crippen LogP contribution in [0.15, 0.2) is 0 Å². The first-order valence-electron chi connectivity index (χ1n) is 10.3. The monoisotopic (exact) mass is 435 g/mol. The van der Waals surface area contributed by atoms with Crippen molar-refractivity contribution in [2.45, 2.75) is 102 Å². The van der Waals surface area contributed by atoms with Crippen LogP contribution in [0.2, 0.25) is 0 Å². The van der Waals surface area contributed by atoms with Gasteiger partial charge in [-0.3, -0.25) is 4.79 Å². The maximum absolute atomic E-state index is 11.9. The molecule has 0 radical (unpaired) electrons. The standard InChI is InChI=1S/C20H38BrNO4/c1-4-7-8-9-10-11-12-13-14-15-16-17(22-20(24)26-6-3)18(21)19(23)25-5-2/h17-18H,4-16H2,1-3H3,(H,22,24)/t17-,18-/m0/s1. The Kier molecular flexibility index (Phi) is 17.1. The molecule has 154 valence electrons. The van der Waals surface area contributed by atoms with Gasteiger partial charge in [0.15, 0.2) is 0 Å². The predicted octanol–water partition coefficient (Wildman–Crippen LogP) is 5.74. The van der Waals surface area contributed by atoms with E-state index in [0.29, 0.717) is 13.2 Å². The molecule has 0 unspecified atom stereocenters. The number of alkyl halides is 1. The third-order valence-electron chi connectivity index (χ3n) is 4.31. The van der Waals surface area contributed by atoms with Crippen LogP contribution in [0.4, 0.5) is 4.79 Å². The average molecular weight is 436 g/mol. The van der Waals surface area contributed by atoms with E-state index in [1.54, 1.807) is 13.8 Å². The number of hydrogen-bond acceptors (Lipinski definition) is 4. The molecule has 1 N–H and O–H groups in total. The topological polar surface area (TPSA) is 64.6 Å². The Morgan fingerprint density at radius 1 is 0.808 bits per heavy atom. The second-order valence-corrected chi connectivity index (χ2v) is 7.58. The van der Waals surface area contributed by atoms with Crippen molar-refractivity contribution in [2.75, 3.05) is 13.2 Å². The highest BCUT2D eigenvalue weighted by Crippen LogP contribution is 2.17. The van der Waals surface area contributed by atoms with Gasteiger partial charge in [-0.2, -0.15) is 0 Å². The summed E-state index contributed by atoms with van der Waals surface area (Å²) in [5, 5.41) is 2.78. The second-order valence-electron chi connectivity index (χ2n) is 6.60. The molecule has 0 rings (SSSR count). The molecule has 0 aromatic rings. The van der Waals surface area contributed by atoms with Crippen molar-refractivity contribution < 1.29 is 19.1 Å². The van der Waals surface area contributed by atoms with E-state index in [9.17, 15) is 9.59 Å². The van der Waals surface area contributed by atoms with Gasteiger partial charge in [-0.1, -0.05) is 87.1 Å². The minimum absolute atomic E-state index is 0.309. The number of carbonyl (C=O) groups excluding carboxylic acids is 2. The Morgan fingerprint density at radius 3 is 1.81 bits per heavy atom. The largest absolute Gasteiger partial charge is 0.465 e. The molecule has 1 amide bonds. The summed E-state index contributed by atoms with van der Waals surface area (Å²) in [5.74, 6) is -0.346. The molecule has 2 atom stereocenters. The molecular weight excluding hydrogens is 398 g/mol. The summed E-state index contributed by atoms with van der Waals surface area (Å²) in [4.78, 5) is 23.1. The first-order chi connectivity index (χ1) is 12.6. The van der Waals surface area contributed by atoms with Crippen LogP contribution in [0.3, 0.4) is 0 Å². The normalized spacial score (nSPS) is 13.1. The average Bonchev–Trinajstić information content (AvgIpc) is 2.62. The molecule has 26 heavy (non-hydrogen) atoms. The number of unbranched alkanes of at least 4 members (excludes halogenated alkanes) is 9. The molecular formula is C20H38BrNO4. The SMILES string of the molecule is CCCCCCCCCCCC[C@H](NC(=O)OCC)[C@H](Br)C(=O)OCC. The van der Waals surface area contributed by atoms with Gasteiger partial charge in [-0.25, -0.2) is 4.79 Å². The third kappa shape index (κ3) is 13.4. The smallest absolute Gasteiger partial charge is 0.407 e. The molecule has 0 heterocycles. The molecule has 0 aromatic heterocycles. The quantitative estimate of drug-likeness (QED) is 0.190. The second kappa shape index (κ2) is 17.6. The summed E-state index contributed by atoms with van der Waals surface area (Å²) in [6.07, 6.45) is 12.8. The van der Waals surface area contributed by atoms with Crippen molar-refractivity contribution in [3.05, 3.63) is 0 Å². The van der Waals surface area contributed by atoms with Crippen LogP contribution < -0.4 is 5.32 Å². The molecule has 0 aliphatic rings. The van der Waals surface area contributed by atoms with Gasteiger partial charge in [0.05, 0.1) is 19.3 Å². The summed E-state index contributed by atoms with van der Waals surface area (Å²) in [6, 6.07) is -0.317. The fourth-order valence-corrected chi connectivity index (χ4v) is 3.38. The zero-order chi connectivity index (χ0) is 19.6. The minimum atomic E-state index is -0.551. The lowest BCUT2D eigenvalue weighted by Gasteiger charge is -2.22. The molecule has 0 fully saturated rings. The van der Waals surface area contributed by atoms with Gasteiger partial charge in [0, 0.05) is 0 Å². The number of esters is 1. The van der Waals surface area contributed by atoms with Gasteiger partial charge in [0.25, 0.3) is 0 Å². The van der Waals surface area contributed by atoms with Crippen molar-refractivity contribution in [3.8, 4) is 0 Å². The maximum atomic E-state index is 11.9. The molecule has 0 saturated carbocycles. The molecule has 0 bridgehead atoms. The molecule has 0 aliphatic carbocycles. The van der Waals surface area contributed by atoms with E-state index >= 15 is 0 Å². The fourth-order valence-electron chi connectivity index (χ4n) is 2.85. The van der Waals surface area contributed by atoms with E-state index in [2.05, 4.69) is 28.2 Å². The first kappa shape index (κ1) is 25.2. The number of nitrogens with one attached hydrogen (secondary N) is 1. The lowest BCUT2D eigenvalue weighted by molar-refractivity contribution is -0.142. The molecule has 6 heteroatoms. The summed E-state index contributed by atoms with van der Waals surface area (Å²) < 4.78 is 9.99. The van der Waals surface area contributed by atoms with Gasteiger partial charge in [0.1, 0.15) is 4.83 Å². The van der Waals surface area contributed by atoms with Crippen LogP contribution in [0.5, 0.6) is 0 Å². The molecule has 0 aliphatic heterocycles. The van der Waals surface area contributed by atoms with Crippen LogP contribution in [0.1, 0.15) is 91.4 Å². The van der Waals surface area contributed by atoms with E-state index in [-0.39, 0.29) is 12.0 Å². The molecule has 0 aromatic carbocycles. The number of halogens is 1. The number of hydrogen-bond donors (Lipinski definition) is 1. The Labute approximate surface area is 168 Å². The highest BCUT2D eigenvalue weighted by molar-refractivity contribution is 9.10. The number of alkyl carbamates (subject to hydrolysis) is 1. The Bertz CT molecular complexity index is 366. The predicted molar refractivity (Wildman–Crippen MR) is 110 cm³/mol. The zero-order valence-electron chi connectivity index (χ0n) is 16.9. The highest BCUT2D eigenvalue weighted by Gasteiger charge is 2.28. The van der Waals surface area contributed by atoms with E-state index < -0.39 is 10.9 Å². The van der Waals surface area contributed by atoms with Gasteiger partial charge in [0.2, 0.25) is 0 Å². The number of rotatable bonds is 16. The Balaban J connectivity index is 4.06. The summed E-state index contributed by atoms with van der Waals surface area (Å²) in [6.45, 7) is 6.40. The van der Waals surface area contributed by atoms with Crippen LogP contribution in [0, 0.1) is 0 Å². The molecule has 0 saturated heterocycles. The van der Waals surface area contributed by atoms with Gasteiger partial charge in [-0.05, 0) is 20.3 Å². The first-order valence-corrected chi connectivity index (χ1v) is 11.2. The third-order valence-corrected chi connectivity index (χ3v) is 5.32. The number of carbonyl (C=O) groups is 2. The van der Waals surface area contributed by atoms with Crippen LogP contribution in [0.25, 0.3) is 0 Å². The van der Waals surface area contributed by atoms with E-state index in [1.165, 1.54) is 51.4 Å². The number of amides is 1. The zero-order valence-corrected chi connectivity index (χ0v) is 18.4. The van der Waals surface area contributed by atoms with Crippen LogP contribution in [-0.2, 0) is 14.3 Å². The molecule has 0 spiro atoms. The van der Waals surface area contributed by atoms with Gasteiger partial charge in [-0.15, -0.1) is 0 Å².